The maximum Gasteiger partial charge on any atom is 0.179 e. The summed E-state index contributed by atoms with van der Waals surface area (Å²) in [7, 11) is 0. The average Bonchev–Trinajstić information content (AvgIpc) is 3.12. The minimum Gasteiger partial charge on any atom is -0.344 e. The van der Waals surface area contributed by atoms with Crippen LogP contribution in [0.3, 0.4) is 0 Å². The summed E-state index contributed by atoms with van der Waals surface area (Å²) in [6.45, 7) is 0.837. The maximum atomic E-state index is 13.6. The Morgan fingerprint density at radius 1 is 1.11 bits per heavy atom. The van der Waals surface area contributed by atoms with Crippen molar-refractivity contribution in [2.75, 3.05) is 6.54 Å². The Hall–Kier alpha value is -2.31. The summed E-state index contributed by atoms with van der Waals surface area (Å²) in [4.78, 5) is 15.4. The number of nitrogens with zero attached hydrogens (tertiary/aromatic N) is 4. The predicted octanol–water partition coefficient (Wildman–Crippen LogP) is 5.64. The van der Waals surface area contributed by atoms with Crippen LogP contribution >= 0.6 is 22.9 Å². The summed E-state index contributed by atoms with van der Waals surface area (Å²) < 4.78 is 13.6. The van der Waals surface area contributed by atoms with Gasteiger partial charge in [-0.1, -0.05) is 23.3 Å². The van der Waals surface area contributed by atoms with Gasteiger partial charge in [0.1, 0.15) is 11.5 Å². The predicted molar refractivity (Wildman–Crippen MR) is 109 cm³/mol. The van der Waals surface area contributed by atoms with Crippen molar-refractivity contribution in [1.82, 2.24) is 19.9 Å². The van der Waals surface area contributed by atoms with Gasteiger partial charge in [-0.05, 0) is 43.4 Å². The van der Waals surface area contributed by atoms with E-state index in [0.717, 1.165) is 42.2 Å². The molecule has 0 radical (unpaired) electrons. The summed E-state index contributed by atoms with van der Waals surface area (Å²) in [5.41, 5.74) is 3.29. The Bertz CT molecular complexity index is 1020. The molecule has 142 valence electrons. The van der Waals surface area contributed by atoms with Crippen molar-refractivity contribution in [2.45, 2.75) is 25.2 Å². The summed E-state index contributed by atoms with van der Waals surface area (Å²) in [6, 6.07) is 0. The molecule has 1 aliphatic carbocycles. The minimum atomic E-state index is -0.186. The van der Waals surface area contributed by atoms with Gasteiger partial charge in [0.05, 0.1) is 10.0 Å². The number of thiazole rings is 1. The van der Waals surface area contributed by atoms with Crippen molar-refractivity contribution >= 4 is 22.9 Å². The fourth-order valence-corrected chi connectivity index (χ4v) is 5.09. The molecule has 0 amide bonds. The van der Waals surface area contributed by atoms with E-state index in [0.29, 0.717) is 22.7 Å². The topological polar surface area (TPSA) is 41.9 Å². The van der Waals surface area contributed by atoms with Crippen LogP contribution in [-0.4, -0.2) is 26.4 Å². The first-order valence-corrected chi connectivity index (χ1v) is 10.6. The number of halogens is 2. The molecular formula is C21H18ClFN4S. The molecule has 4 nitrogen and oxygen atoms in total. The van der Waals surface area contributed by atoms with Crippen molar-refractivity contribution in [2.24, 2.45) is 5.92 Å². The van der Waals surface area contributed by atoms with Crippen LogP contribution in [0.1, 0.15) is 30.2 Å². The van der Waals surface area contributed by atoms with Crippen LogP contribution < -0.4 is 0 Å². The highest BCUT2D eigenvalue weighted by atomic mass is 35.5. The third-order valence-corrected chi connectivity index (χ3v) is 6.70. The van der Waals surface area contributed by atoms with Crippen molar-refractivity contribution < 1.29 is 4.39 Å². The highest BCUT2D eigenvalue weighted by Gasteiger charge is 2.31. The average molecular weight is 413 g/mol. The number of aromatic nitrogens is 3. The van der Waals surface area contributed by atoms with Crippen LogP contribution in [0.2, 0.25) is 5.02 Å². The lowest BCUT2D eigenvalue weighted by atomic mass is 9.78. The third-order valence-electron chi connectivity index (χ3n) is 5.50. The second kappa shape index (κ2) is 7.26. The van der Waals surface area contributed by atoms with Gasteiger partial charge in [-0.25, -0.2) is 19.3 Å². The molecule has 1 saturated carbocycles. The van der Waals surface area contributed by atoms with Crippen molar-refractivity contribution in [3.05, 3.63) is 75.4 Å². The molecule has 4 heterocycles. The third kappa shape index (κ3) is 3.42. The minimum absolute atomic E-state index is 0.186. The summed E-state index contributed by atoms with van der Waals surface area (Å²) in [6.07, 6.45) is 15.7. The first kappa shape index (κ1) is 17.8. The number of rotatable bonds is 2. The quantitative estimate of drug-likeness (QED) is 0.639. The van der Waals surface area contributed by atoms with Gasteiger partial charge in [0.15, 0.2) is 5.82 Å². The Balaban J connectivity index is 1.35. The van der Waals surface area contributed by atoms with Gasteiger partial charge < -0.3 is 4.90 Å². The number of hydrogen-bond acceptors (Lipinski definition) is 5. The molecule has 7 heteroatoms. The molecule has 2 aliphatic heterocycles. The molecule has 0 spiro atoms. The zero-order valence-electron chi connectivity index (χ0n) is 15.1. The molecule has 0 saturated heterocycles. The number of fused-ring (bicyclic) bond motifs is 2. The van der Waals surface area contributed by atoms with Gasteiger partial charge in [0.25, 0.3) is 0 Å². The van der Waals surface area contributed by atoms with E-state index >= 15 is 0 Å². The second-order valence-electron chi connectivity index (χ2n) is 7.30. The molecule has 1 fully saturated rings. The summed E-state index contributed by atoms with van der Waals surface area (Å²) in [5, 5.41) is 3.67. The molecular weight excluding hydrogens is 395 g/mol. The Morgan fingerprint density at radius 2 is 1.93 bits per heavy atom. The smallest absolute Gasteiger partial charge is 0.179 e. The second-order valence-corrected chi connectivity index (χ2v) is 8.63. The van der Waals surface area contributed by atoms with Gasteiger partial charge in [-0.15, -0.1) is 11.3 Å². The molecule has 2 atom stereocenters. The SMILES string of the molecule is FC1=CN2C[C@H]3CC[C@H](c4nc(-c5ncc(Cl)cn5)cs4)CC3=CC=C2C=C1. The Labute approximate surface area is 171 Å². The lowest BCUT2D eigenvalue weighted by Gasteiger charge is -2.33. The van der Waals surface area contributed by atoms with Crippen LogP contribution in [0.15, 0.2) is 65.4 Å². The molecule has 0 bridgehead atoms. The van der Waals surface area contributed by atoms with Gasteiger partial charge in [0.2, 0.25) is 0 Å². The molecule has 0 aromatic carbocycles. The van der Waals surface area contributed by atoms with Gasteiger partial charge in [0, 0.05) is 42.1 Å². The molecule has 2 aromatic rings. The zero-order valence-corrected chi connectivity index (χ0v) is 16.6. The first-order valence-electron chi connectivity index (χ1n) is 9.32. The van der Waals surface area contributed by atoms with Crippen LogP contribution in [0.4, 0.5) is 4.39 Å². The largest absolute Gasteiger partial charge is 0.344 e. The van der Waals surface area contributed by atoms with Crippen LogP contribution in [0.25, 0.3) is 11.5 Å². The molecule has 28 heavy (non-hydrogen) atoms. The van der Waals surface area contributed by atoms with E-state index in [4.69, 9.17) is 16.6 Å². The van der Waals surface area contributed by atoms with E-state index in [-0.39, 0.29) is 5.83 Å². The van der Waals surface area contributed by atoms with E-state index < -0.39 is 0 Å². The van der Waals surface area contributed by atoms with Crippen molar-refractivity contribution in [1.29, 1.82) is 0 Å². The lowest BCUT2D eigenvalue weighted by Crippen LogP contribution is -2.28. The summed E-state index contributed by atoms with van der Waals surface area (Å²) >= 11 is 7.54. The van der Waals surface area contributed by atoms with Crippen LogP contribution in [0, 0.1) is 5.92 Å². The summed E-state index contributed by atoms with van der Waals surface area (Å²) in [5.74, 6) is 1.29. The van der Waals surface area contributed by atoms with E-state index in [9.17, 15) is 4.39 Å². The highest BCUT2D eigenvalue weighted by Crippen LogP contribution is 2.42. The van der Waals surface area contributed by atoms with Crippen LogP contribution in [0.5, 0.6) is 0 Å². The monoisotopic (exact) mass is 412 g/mol. The number of allylic oxidation sites excluding steroid dienone is 5. The molecule has 0 unspecified atom stereocenters. The Morgan fingerprint density at radius 3 is 2.79 bits per heavy atom. The van der Waals surface area contributed by atoms with Crippen molar-refractivity contribution in [3.63, 3.8) is 0 Å². The fraction of sp³-hybridized carbons (Fsp3) is 0.286. The van der Waals surface area contributed by atoms with Gasteiger partial charge >= 0.3 is 0 Å². The molecule has 3 aliphatic rings. The van der Waals surface area contributed by atoms with E-state index in [1.165, 1.54) is 11.6 Å². The molecule has 2 aromatic heterocycles. The normalized spacial score (nSPS) is 23.9. The molecule has 0 N–H and O–H groups in total. The maximum absolute atomic E-state index is 13.6. The number of hydrogen-bond donors (Lipinski definition) is 0. The van der Waals surface area contributed by atoms with E-state index in [2.05, 4.69) is 22.1 Å². The van der Waals surface area contributed by atoms with Crippen molar-refractivity contribution in [3.8, 4) is 11.5 Å². The first-order chi connectivity index (χ1) is 13.7. The van der Waals surface area contributed by atoms with Crippen LogP contribution in [-0.2, 0) is 0 Å². The van der Waals surface area contributed by atoms with Gasteiger partial charge in [-0.3, -0.25) is 0 Å². The fourth-order valence-electron chi connectivity index (χ4n) is 4.05. The van der Waals surface area contributed by atoms with Gasteiger partial charge in [-0.2, -0.15) is 0 Å². The lowest BCUT2D eigenvalue weighted by molar-refractivity contribution is 0.331. The zero-order chi connectivity index (χ0) is 19.1. The van der Waals surface area contributed by atoms with E-state index in [1.54, 1.807) is 29.9 Å². The van der Waals surface area contributed by atoms with E-state index in [1.807, 2.05) is 16.4 Å². The standard InChI is InChI=1S/C21H18ClFN4S/c22-16-8-24-20(25-9-16)19-12-28-21(26-19)14-1-2-15-10-27-11-17(23)4-6-18(27)5-3-13(15)7-14/h3-6,8-9,11-12,14-15H,1-2,7,10H2/t14-,15+/m0/s1. The highest BCUT2D eigenvalue weighted by molar-refractivity contribution is 7.10. The molecule has 5 rings (SSSR count). The Kier molecular flexibility index (Phi) is 4.61.